The molecule has 2 heterocycles. The first kappa shape index (κ1) is 22.1. The van der Waals surface area contributed by atoms with Gasteiger partial charge < -0.3 is 9.31 Å². The molecule has 1 aliphatic rings. The molecular formula is C26H25BFNO3S. The molecule has 7 heteroatoms. The molecule has 4 nitrogen and oxygen atoms in total. The highest BCUT2D eigenvalue weighted by Gasteiger charge is 2.51. The predicted octanol–water partition coefficient (Wildman–Crippen LogP) is 5.32. The van der Waals surface area contributed by atoms with Crippen LogP contribution in [0.25, 0.3) is 22.2 Å². The lowest BCUT2D eigenvalue weighted by atomic mass is 9.78. The average Bonchev–Trinajstić information content (AvgIpc) is 3.27. The van der Waals surface area contributed by atoms with Crippen molar-refractivity contribution in [3.05, 3.63) is 84.7 Å². The number of aromatic nitrogens is 1. The summed E-state index contributed by atoms with van der Waals surface area (Å²) in [7, 11) is -2.07. The Balaban J connectivity index is 1.67. The van der Waals surface area contributed by atoms with Crippen molar-refractivity contribution < 1.29 is 17.9 Å². The summed E-state index contributed by atoms with van der Waals surface area (Å²) in [6.07, 6.45) is 0. The van der Waals surface area contributed by atoms with Gasteiger partial charge in [-0.05, 0) is 69.6 Å². The Morgan fingerprint density at radius 1 is 0.848 bits per heavy atom. The van der Waals surface area contributed by atoms with Crippen molar-refractivity contribution in [1.29, 1.82) is 0 Å². The van der Waals surface area contributed by atoms with Crippen molar-refractivity contribution in [2.24, 2.45) is 0 Å². The standard InChI is InChI=1S/C26H25BFNO3S/c1-25(2)26(3,4)32-27(31-25)19-14-15-23-18(16-19)17-24(21-12-8-9-13-22(21)28)29(23)33(30)20-10-6-5-7-11-20/h5-17H,1-4H3. The lowest BCUT2D eigenvalue weighted by Gasteiger charge is -2.32. The third-order valence-electron chi connectivity index (χ3n) is 6.57. The highest BCUT2D eigenvalue weighted by atomic mass is 32.2. The number of benzene rings is 3. The van der Waals surface area contributed by atoms with Gasteiger partial charge in [0.25, 0.3) is 0 Å². The summed E-state index contributed by atoms with van der Waals surface area (Å²) in [6, 6.07) is 23.4. The quantitative estimate of drug-likeness (QED) is 0.387. The maximum absolute atomic E-state index is 14.8. The number of halogens is 1. The van der Waals surface area contributed by atoms with Crippen LogP contribution in [0.4, 0.5) is 4.39 Å². The molecule has 1 aromatic heterocycles. The fraction of sp³-hybridized carbons (Fsp3) is 0.231. The molecule has 0 amide bonds. The third kappa shape index (κ3) is 3.74. The monoisotopic (exact) mass is 461 g/mol. The normalized spacial score (nSPS) is 18.0. The molecule has 0 radical (unpaired) electrons. The van der Waals surface area contributed by atoms with Crippen molar-refractivity contribution in [1.82, 2.24) is 3.97 Å². The van der Waals surface area contributed by atoms with Crippen LogP contribution in [0.3, 0.4) is 0 Å². The zero-order chi connectivity index (χ0) is 23.4. The largest absolute Gasteiger partial charge is 0.494 e. The van der Waals surface area contributed by atoms with Crippen LogP contribution in [0.5, 0.6) is 0 Å². The molecule has 33 heavy (non-hydrogen) atoms. The van der Waals surface area contributed by atoms with Crippen molar-refractivity contribution in [2.45, 2.75) is 43.8 Å². The molecule has 5 rings (SSSR count). The summed E-state index contributed by atoms with van der Waals surface area (Å²) in [5.41, 5.74) is 1.66. The zero-order valence-corrected chi connectivity index (χ0v) is 19.9. The van der Waals surface area contributed by atoms with Crippen LogP contribution in [0, 0.1) is 5.82 Å². The van der Waals surface area contributed by atoms with Gasteiger partial charge in [0.1, 0.15) is 5.82 Å². The lowest BCUT2D eigenvalue weighted by molar-refractivity contribution is 0.00578. The van der Waals surface area contributed by atoms with Gasteiger partial charge in [-0.3, -0.25) is 3.97 Å². The van der Waals surface area contributed by atoms with Gasteiger partial charge in [0.15, 0.2) is 11.0 Å². The van der Waals surface area contributed by atoms with Gasteiger partial charge in [-0.15, -0.1) is 0 Å². The average molecular weight is 461 g/mol. The van der Waals surface area contributed by atoms with Gasteiger partial charge in [0.2, 0.25) is 0 Å². The fourth-order valence-electron chi connectivity index (χ4n) is 4.01. The molecule has 1 unspecified atom stereocenters. The maximum atomic E-state index is 14.8. The Hall–Kier alpha value is -2.74. The highest BCUT2D eigenvalue weighted by molar-refractivity contribution is 7.83. The first-order chi connectivity index (χ1) is 15.7. The van der Waals surface area contributed by atoms with E-state index < -0.39 is 29.3 Å². The van der Waals surface area contributed by atoms with Crippen LogP contribution < -0.4 is 5.46 Å². The number of hydrogen-bond donors (Lipinski definition) is 0. The van der Waals surface area contributed by atoms with E-state index in [-0.39, 0.29) is 5.82 Å². The summed E-state index contributed by atoms with van der Waals surface area (Å²) < 4.78 is 42.5. The minimum atomic E-state index is -1.56. The number of rotatable bonds is 4. The second-order valence-corrected chi connectivity index (χ2v) is 10.6. The molecule has 4 aromatic rings. The molecule has 1 atom stereocenters. The molecule has 1 fully saturated rings. The minimum Gasteiger partial charge on any atom is -0.399 e. The van der Waals surface area contributed by atoms with Gasteiger partial charge in [-0.2, -0.15) is 0 Å². The van der Waals surface area contributed by atoms with E-state index in [0.717, 1.165) is 16.4 Å². The summed E-state index contributed by atoms with van der Waals surface area (Å²) in [6.45, 7) is 8.06. The first-order valence-corrected chi connectivity index (χ1v) is 12.0. The van der Waals surface area contributed by atoms with Gasteiger partial charge >= 0.3 is 7.12 Å². The van der Waals surface area contributed by atoms with Crippen LogP contribution in [-0.2, 0) is 20.3 Å². The molecule has 3 aromatic carbocycles. The van der Waals surface area contributed by atoms with Crippen molar-refractivity contribution in [3.8, 4) is 11.3 Å². The molecule has 0 aliphatic carbocycles. The van der Waals surface area contributed by atoms with E-state index in [1.165, 1.54) is 6.07 Å². The number of fused-ring (bicyclic) bond motifs is 1. The topological polar surface area (TPSA) is 40.5 Å². The van der Waals surface area contributed by atoms with Crippen LogP contribution in [0.2, 0.25) is 0 Å². The van der Waals surface area contributed by atoms with Gasteiger partial charge in [-0.25, -0.2) is 8.60 Å². The molecule has 0 saturated carbocycles. The van der Waals surface area contributed by atoms with E-state index in [2.05, 4.69) is 0 Å². The van der Waals surface area contributed by atoms with E-state index in [1.807, 2.05) is 82.3 Å². The van der Waals surface area contributed by atoms with E-state index in [1.54, 1.807) is 22.2 Å². The first-order valence-electron chi connectivity index (χ1n) is 10.9. The summed E-state index contributed by atoms with van der Waals surface area (Å²) >= 11 is 0. The summed E-state index contributed by atoms with van der Waals surface area (Å²) in [4.78, 5) is 0.641. The Morgan fingerprint density at radius 3 is 2.15 bits per heavy atom. The zero-order valence-electron chi connectivity index (χ0n) is 19.0. The van der Waals surface area contributed by atoms with Crippen molar-refractivity contribution >= 4 is 34.5 Å². The smallest absolute Gasteiger partial charge is 0.399 e. The van der Waals surface area contributed by atoms with Gasteiger partial charge in [0, 0.05) is 10.9 Å². The van der Waals surface area contributed by atoms with E-state index in [9.17, 15) is 8.60 Å². The molecule has 1 aliphatic heterocycles. The second kappa shape index (κ2) is 7.94. The van der Waals surface area contributed by atoms with Crippen LogP contribution in [-0.4, -0.2) is 26.5 Å². The van der Waals surface area contributed by atoms with Gasteiger partial charge in [-0.1, -0.05) is 42.5 Å². The van der Waals surface area contributed by atoms with E-state index in [0.29, 0.717) is 16.2 Å². The SMILES string of the molecule is CC1(C)OB(c2ccc3c(c2)cc(-c2ccccc2F)n3S(=O)c2ccccc2)OC1(C)C. The fourth-order valence-corrected chi connectivity index (χ4v) is 5.29. The Labute approximate surface area is 196 Å². The van der Waals surface area contributed by atoms with Crippen LogP contribution in [0.1, 0.15) is 27.7 Å². The maximum Gasteiger partial charge on any atom is 0.494 e. The van der Waals surface area contributed by atoms with E-state index in [4.69, 9.17) is 9.31 Å². The van der Waals surface area contributed by atoms with Crippen LogP contribution >= 0.6 is 0 Å². The Kier molecular flexibility index (Phi) is 5.31. The third-order valence-corrected chi connectivity index (χ3v) is 7.97. The molecule has 1 saturated heterocycles. The lowest BCUT2D eigenvalue weighted by Crippen LogP contribution is -2.41. The van der Waals surface area contributed by atoms with Crippen molar-refractivity contribution in [3.63, 3.8) is 0 Å². The second-order valence-electron chi connectivity index (χ2n) is 9.27. The molecule has 0 spiro atoms. The van der Waals surface area contributed by atoms with Gasteiger partial charge in [0.05, 0.1) is 27.3 Å². The number of nitrogens with zero attached hydrogens (tertiary/aromatic N) is 1. The van der Waals surface area contributed by atoms with Crippen molar-refractivity contribution in [2.75, 3.05) is 0 Å². The predicted molar refractivity (Wildman–Crippen MR) is 131 cm³/mol. The van der Waals surface area contributed by atoms with Crippen LogP contribution in [0.15, 0.2) is 83.8 Å². The Morgan fingerprint density at radius 2 is 1.48 bits per heavy atom. The molecule has 168 valence electrons. The number of hydrogen-bond acceptors (Lipinski definition) is 3. The molecule has 0 N–H and O–H groups in total. The molecular weight excluding hydrogens is 436 g/mol. The van der Waals surface area contributed by atoms with E-state index >= 15 is 0 Å². The highest BCUT2D eigenvalue weighted by Crippen LogP contribution is 2.37. The minimum absolute atomic E-state index is 0.363. The molecule has 0 bridgehead atoms. The Bertz CT molecular complexity index is 1350. The summed E-state index contributed by atoms with van der Waals surface area (Å²) in [5, 5.41) is 0.838. The summed E-state index contributed by atoms with van der Waals surface area (Å²) in [5.74, 6) is -0.363.